The van der Waals surface area contributed by atoms with Crippen LogP contribution in [0.15, 0.2) is 41.3 Å². The second kappa shape index (κ2) is 5.59. The number of carbonyl (C=O) groups excluding carboxylic acids is 2. The fourth-order valence-electron chi connectivity index (χ4n) is 1.47. The summed E-state index contributed by atoms with van der Waals surface area (Å²) in [7, 11) is 5.39. The fourth-order valence-corrected chi connectivity index (χ4v) is 5.02. The summed E-state index contributed by atoms with van der Waals surface area (Å²) >= 11 is 0. The van der Waals surface area contributed by atoms with Crippen molar-refractivity contribution in [1.29, 1.82) is 0 Å². The average molecular weight is 315 g/mol. The molecule has 3 atom stereocenters. The van der Waals surface area contributed by atoms with Crippen LogP contribution in [0.2, 0.25) is 0 Å². The van der Waals surface area contributed by atoms with Crippen molar-refractivity contribution >= 4 is 51.1 Å². The molecule has 2 rings (SSSR count). The van der Waals surface area contributed by atoms with Gasteiger partial charge >= 0.3 is 111 Å². The quantitative estimate of drug-likeness (QED) is 0.623. The van der Waals surface area contributed by atoms with E-state index in [1.165, 1.54) is 12.2 Å². The van der Waals surface area contributed by atoms with Gasteiger partial charge in [-0.2, -0.15) is 0 Å². The molecule has 0 saturated carbocycles. The Morgan fingerprint density at radius 3 is 2.06 bits per heavy atom. The number of anilines is 1. The molecule has 1 heterocycles. The second-order valence-corrected chi connectivity index (χ2v) is 13.2. The number of carbonyl (C=O) groups is 2. The number of nitrogens with zero attached hydrogens (tertiary/aromatic N) is 1. The molecule has 18 heavy (non-hydrogen) atoms. The van der Waals surface area contributed by atoms with E-state index in [1.807, 2.05) is 0 Å². The third-order valence-corrected chi connectivity index (χ3v) is 8.00. The molecule has 2 amide bonds. The standard InChI is InChI=1S/C10H8NO3P3S/c12-9-5-6-10(13)11(9)7-1-3-8(4-2-7)18(14)17(15)16/h1-6H,15H2. The molecule has 3 unspecified atom stereocenters. The van der Waals surface area contributed by atoms with Gasteiger partial charge in [0.2, 0.25) is 0 Å². The van der Waals surface area contributed by atoms with Crippen LogP contribution in [0.3, 0.4) is 0 Å². The van der Waals surface area contributed by atoms with Crippen LogP contribution in [0.4, 0.5) is 5.69 Å². The van der Waals surface area contributed by atoms with Gasteiger partial charge < -0.3 is 0 Å². The first-order chi connectivity index (χ1) is 8.50. The van der Waals surface area contributed by atoms with Gasteiger partial charge in [-0.05, 0) is 0 Å². The van der Waals surface area contributed by atoms with Gasteiger partial charge in [-0.25, -0.2) is 0 Å². The molecule has 8 heteroatoms. The van der Waals surface area contributed by atoms with Crippen LogP contribution in [0.1, 0.15) is 0 Å². The second-order valence-electron chi connectivity index (χ2n) is 3.39. The van der Waals surface area contributed by atoms with Gasteiger partial charge in [-0.3, -0.25) is 0 Å². The van der Waals surface area contributed by atoms with Crippen LogP contribution >= 0.6 is 23.2 Å². The van der Waals surface area contributed by atoms with Crippen molar-refractivity contribution < 1.29 is 13.8 Å². The minimum absolute atomic E-state index is 0.364. The molecule has 92 valence electrons. The van der Waals surface area contributed by atoms with E-state index in [2.05, 4.69) is 17.3 Å². The number of amides is 2. The van der Waals surface area contributed by atoms with Crippen LogP contribution < -0.4 is 4.90 Å². The van der Waals surface area contributed by atoms with Crippen molar-refractivity contribution in [2.24, 2.45) is 0 Å². The van der Waals surface area contributed by atoms with Crippen LogP contribution in [0.25, 0.3) is 0 Å². The van der Waals surface area contributed by atoms with E-state index in [1.54, 1.807) is 24.3 Å². The normalized spacial score (nSPS) is 17.1. The Bertz CT molecular complexity index is 627. The van der Waals surface area contributed by atoms with E-state index in [0.29, 0.717) is 10.6 Å². The predicted molar refractivity (Wildman–Crippen MR) is 78.0 cm³/mol. The van der Waals surface area contributed by atoms with Gasteiger partial charge in [0.25, 0.3) is 0 Å². The van der Waals surface area contributed by atoms with Crippen LogP contribution in [-0.2, 0) is 20.0 Å². The first kappa shape index (κ1) is 13.8. The van der Waals surface area contributed by atoms with E-state index in [0.717, 1.165) is 4.90 Å². The van der Waals surface area contributed by atoms with E-state index < -0.39 is 16.3 Å². The molecule has 0 fully saturated rings. The van der Waals surface area contributed by atoms with E-state index in [4.69, 9.17) is 0 Å². The fraction of sp³-hybridized carbons (Fsp3) is 0. The molecular weight excluding hydrogens is 307 g/mol. The molecule has 4 nitrogen and oxygen atoms in total. The zero-order valence-electron chi connectivity index (χ0n) is 9.02. The van der Waals surface area contributed by atoms with Crippen molar-refractivity contribution in [3.8, 4) is 0 Å². The minimum atomic E-state index is -1.17. The van der Waals surface area contributed by atoms with Crippen LogP contribution in [0, 0.1) is 0 Å². The molecule has 0 spiro atoms. The Kier molecular flexibility index (Phi) is 4.29. The van der Waals surface area contributed by atoms with Crippen LogP contribution in [0.5, 0.6) is 0 Å². The van der Waals surface area contributed by atoms with Gasteiger partial charge in [-0.1, -0.05) is 0 Å². The van der Waals surface area contributed by atoms with Gasteiger partial charge in [0.15, 0.2) is 0 Å². The van der Waals surface area contributed by atoms with Gasteiger partial charge in [0.1, 0.15) is 0 Å². The average Bonchev–Trinajstić information content (AvgIpc) is 2.68. The third kappa shape index (κ3) is 2.70. The maximum atomic E-state index is 11.8. The Balaban J connectivity index is 2.29. The summed E-state index contributed by atoms with van der Waals surface area (Å²) in [4.78, 5) is 24.6. The van der Waals surface area contributed by atoms with Gasteiger partial charge in [-0.15, -0.1) is 0 Å². The molecular formula is C10H8NO3P3S. The van der Waals surface area contributed by atoms with Crippen molar-refractivity contribution in [1.82, 2.24) is 0 Å². The number of hydrogen-bond acceptors (Lipinski definition) is 3. The number of benzene rings is 1. The maximum absolute atomic E-state index is 11.8. The monoisotopic (exact) mass is 315 g/mol. The zero-order valence-corrected chi connectivity index (χ0v) is 12.8. The molecule has 1 aliphatic rings. The van der Waals surface area contributed by atoms with Crippen molar-refractivity contribution in [3.05, 3.63) is 36.4 Å². The molecule has 0 N–H and O–H groups in total. The van der Waals surface area contributed by atoms with Gasteiger partial charge in [0.05, 0.1) is 0 Å². The molecule has 0 radical (unpaired) electrons. The summed E-state index contributed by atoms with van der Waals surface area (Å²) in [6, 6.07) is 6.49. The molecule has 1 aromatic carbocycles. The number of imide groups is 1. The van der Waals surface area contributed by atoms with Crippen molar-refractivity contribution in [3.63, 3.8) is 0 Å². The molecule has 1 aromatic rings. The number of hydrogen-bond donors (Lipinski definition) is 0. The molecule has 1 aliphatic heterocycles. The molecule has 0 bridgehead atoms. The topological polar surface area (TPSA) is 54.5 Å². The zero-order chi connectivity index (χ0) is 13.3. The summed E-state index contributed by atoms with van der Waals surface area (Å²) in [5.74, 6) is -1.68. The van der Waals surface area contributed by atoms with Gasteiger partial charge in [0, 0.05) is 0 Å². The predicted octanol–water partition coefficient (Wildman–Crippen LogP) is 2.74. The van der Waals surface area contributed by atoms with Crippen molar-refractivity contribution in [2.75, 3.05) is 4.90 Å². The number of rotatable bonds is 2. The summed E-state index contributed by atoms with van der Waals surface area (Å²) in [5.41, 5.74) is 0.475. The van der Waals surface area contributed by atoms with E-state index in [-0.39, 0.29) is 11.8 Å². The van der Waals surface area contributed by atoms with Crippen LogP contribution in [-0.4, -0.2) is 16.0 Å². The Hall–Kier alpha value is -0.590. The third-order valence-electron chi connectivity index (χ3n) is 2.28. The van der Waals surface area contributed by atoms with E-state index >= 15 is 0 Å². The Morgan fingerprint density at radius 2 is 1.61 bits per heavy atom. The summed E-state index contributed by atoms with van der Waals surface area (Å²) in [5, 5.41) is 0. The SMILES string of the molecule is O=C1C=CC(=O)N1c1ccc(S(=O)P(#P)P)cc1. The first-order valence-electron chi connectivity index (χ1n) is 4.82. The molecule has 0 aliphatic carbocycles. The Morgan fingerprint density at radius 1 is 1.11 bits per heavy atom. The van der Waals surface area contributed by atoms with Crippen molar-refractivity contribution in [2.45, 2.75) is 4.90 Å². The van der Waals surface area contributed by atoms with E-state index in [9.17, 15) is 13.8 Å². The summed E-state index contributed by atoms with van der Waals surface area (Å²) in [6.07, 6.45) is 2.45. The molecule has 0 aromatic heterocycles. The summed E-state index contributed by atoms with van der Waals surface area (Å²) < 4.78 is 11.8. The summed E-state index contributed by atoms with van der Waals surface area (Å²) in [6.45, 7) is 0. The first-order valence-corrected chi connectivity index (χ1v) is 10.7. The Labute approximate surface area is 111 Å². The molecule has 0 saturated heterocycles.